The lowest BCUT2D eigenvalue weighted by molar-refractivity contribution is 0.102. The molecule has 122 valence electrons. The second kappa shape index (κ2) is 6.93. The largest absolute Gasteiger partial charge is 0.493 e. The first-order valence-electron chi connectivity index (χ1n) is 7.83. The molecule has 4 heteroatoms. The van der Waals surface area contributed by atoms with Gasteiger partial charge in [-0.25, -0.2) is 0 Å². The van der Waals surface area contributed by atoms with Gasteiger partial charge in [0.2, 0.25) is 0 Å². The van der Waals surface area contributed by atoms with E-state index >= 15 is 0 Å². The van der Waals surface area contributed by atoms with Gasteiger partial charge in [0.1, 0.15) is 5.75 Å². The van der Waals surface area contributed by atoms with Gasteiger partial charge in [-0.1, -0.05) is 48.0 Å². The van der Waals surface area contributed by atoms with Crippen LogP contribution >= 0.6 is 11.6 Å². The first kappa shape index (κ1) is 16.3. The van der Waals surface area contributed by atoms with Gasteiger partial charge in [0, 0.05) is 10.7 Å². The summed E-state index contributed by atoms with van der Waals surface area (Å²) in [6, 6.07) is 17.0. The summed E-state index contributed by atoms with van der Waals surface area (Å²) in [5, 5.41) is 5.43. The SMILES string of the molecule is CCOc1ccc2ccccc2c1C(=O)Nc1cccc(Cl)c1C. The molecule has 0 saturated carbocycles. The molecule has 1 amide bonds. The van der Waals surface area contributed by atoms with Gasteiger partial charge in [-0.2, -0.15) is 0 Å². The number of anilines is 1. The third kappa shape index (κ3) is 3.08. The lowest BCUT2D eigenvalue weighted by Crippen LogP contribution is -2.15. The zero-order valence-corrected chi connectivity index (χ0v) is 14.4. The average molecular weight is 340 g/mol. The van der Waals surface area contributed by atoms with E-state index in [0.29, 0.717) is 28.6 Å². The fourth-order valence-corrected chi connectivity index (χ4v) is 2.86. The predicted molar refractivity (Wildman–Crippen MR) is 99.3 cm³/mol. The number of nitrogens with one attached hydrogen (secondary N) is 1. The fraction of sp³-hybridized carbons (Fsp3) is 0.150. The van der Waals surface area contributed by atoms with Crippen molar-refractivity contribution in [2.24, 2.45) is 0 Å². The molecular formula is C20H18ClNO2. The zero-order valence-electron chi connectivity index (χ0n) is 13.6. The molecule has 0 spiro atoms. The average Bonchev–Trinajstić information content (AvgIpc) is 2.59. The molecule has 0 saturated heterocycles. The van der Waals surface area contributed by atoms with Crippen molar-refractivity contribution in [2.75, 3.05) is 11.9 Å². The molecule has 0 aliphatic carbocycles. The van der Waals surface area contributed by atoms with Crippen LogP contribution in [-0.4, -0.2) is 12.5 Å². The Kier molecular flexibility index (Phi) is 4.72. The highest BCUT2D eigenvalue weighted by Crippen LogP contribution is 2.30. The van der Waals surface area contributed by atoms with Crippen molar-refractivity contribution < 1.29 is 9.53 Å². The van der Waals surface area contributed by atoms with Gasteiger partial charge in [-0.05, 0) is 48.4 Å². The van der Waals surface area contributed by atoms with E-state index in [0.717, 1.165) is 16.3 Å². The fourth-order valence-electron chi connectivity index (χ4n) is 2.69. The monoisotopic (exact) mass is 339 g/mol. The summed E-state index contributed by atoms with van der Waals surface area (Å²) >= 11 is 6.14. The molecule has 0 aromatic heterocycles. The minimum atomic E-state index is -0.208. The maximum absolute atomic E-state index is 13.0. The topological polar surface area (TPSA) is 38.3 Å². The Labute approximate surface area is 146 Å². The first-order valence-corrected chi connectivity index (χ1v) is 8.20. The lowest BCUT2D eigenvalue weighted by atomic mass is 10.0. The third-order valence-corrected chi connectivity index (χ3v) is 4.34. The summed E-state index contributed by atoms with van der Waals surface area (Å²) in [6.07, 6.45) is 0. The first-order chi connectivity index (χ1) is 11.6. The van der Waals surface area contributed by atoms with Crippen molar-refractivity contribution >= 4 is 34.0 Å². The molecule has 3 nitrogen and oxygen atoms in total. The van der Waals surface area contributed by atoms with E-state index in [2.05, 4.69) is 5.32 Å². The summed E-state index contributed by atoms with van der Waals surface area (Å²) in [4.78, 5) is 13.0. The highest BCUT2D eigenvalue weighted by Gasteiger charge is 2.17. The van der Waals surface area contributed by atoms with Crippen LogP contribution in [0.3, 0.4) is 0 Å². The Hall–Kier alpha value is -2.52. The molecule has 1 N–H and O–H groups in total. The van der Waals surface area contributed by atoms with Crippen molar-refractivity contribution in [3.8, 4) is 5.75 Å². The van der Waals surface area contributed by atoms with E-state index in [1.54, 1.807) is 6.07 Å². The molecule has 0 bridgehead atoms. The van der Waals surface area contributed by atoms with Crippen LogP contribution in [0, 0.1) is 6.92 Å². The maximum atomic E-state index is 13.0. The minimum Gasteiger partial charge on any atom is -0.493 e. The van der Waals surface area contributed by atoms with Gasteiger partial charge in [-0.15, -0.1) is 0 Å². The van der Waals surface area contributed by atoms with E-state index in [9.17, 15) is 4.79 Å². The molecule has 24 heavy (non-hydrogen) atoms. The Balaban J connectivity index is 2.08. The zero-order chi connectivity index (χ0) is 17.1. The van der Waals surface area contributed by atoms with Crippen molar-refractivity contribution in [2.45, 2.75) is 13.8 Å². The summed E-state index contributed by atoms with van der Waals surface area (Å²) < 4.78 is 5.67. The molecule has 0 aliphatic rings. The van der Waals surface area contributed by atoms with E-state index in [1.165, 1.54) is 0 Å². The number of rotatable bonds is 4. The van der Waals surface area contributed by atoms with Crippen LogP contribution in [0.15, 0.2) is 54.6 Å². The van der Waals surface area contributed by atoms with Gasteiger partial charge in [-0.3, -0.25) is 4.79 Å². The molecule has 0 radical (unpaired) electrons. The van der Waals surface area contributed by atoms with Gasteiger partial charge >= 0.3 is 0 Å². The normalized spacial score (nSPS) is 10.6. The number of halogens is 1. The molecular weight excluding hydrogens is 322 g/mol. The second-order valence-corrected chi connectivity index (χ2v) is 5.87. The minimum absolute atomic E-state index is 0.208. The number of hydrogen-bond donors (Lipinski definition) is 1. The molecule has 3 aromatic carbocycles. The quantitative estimate of drug-likeness (QED) is 0.686. The number of fused-ring (bicyclic) bond motifs is 1. The standard InChI is InChI=1S/C20H18ClNO2/c1-3-24-18-12-11-14-7-4-5-8-15(14)19(18)20(23)22-17-10-6-9-16(21)13(17)2/h4-12H,3H2,1-2H3,(H,22,23). The van der Waals surface area contributed by atoms with Crippen LogP contribution in [0.1, 0.15) is 22.8 Å². The van der Waals surface area contributed by atoms with Crippen molar-refractivity contribution in [1.29, 1.82) is 0 Å². The van der Waals surface area contributed by atoms with Gasteiger partial charge < -0.3 is 10.1 Å². The molecule has 0 atom stereocenters. The van der Waals surface area contributed by atoms with Gasteiger partial charge in [0.25, 0.3) is 5.91 Å². The van der Waals surface area contributed by atoms with E-state index in [1.807, 2.05) is 62.4 Å². The summed E-state index contributed by atoms with van der Waals surface area (Å²) in [5.41, 5.74) is 2.07. The number of amides is 1. The van der Waals surface area contributed by atoms with Crippen molar-refractivity contribution in [3.63, 3.8) is 0 Å². The predicted octanol–water partition coefficient (Wildman–Crippen LogP) is 5.45. The molecule has 3 aromatic rings. The molecule has 0 fully saturated rings. The van der Waals surface area contributed by atoms with E-state index in [4.69, 9.17) is 16.3 Å². The van der Waals surface area contributed by atoms with Crippen molar-refractivity contribution in [3.05, 3.63) is 70.7 Å². The van der Waals surface area contributed by atoms with Crippen LogP contribution in [0.4, 0.5) is 5.69 Å². The molecule has 0 unspecified atom stereocenters. The molecule has 0 aliphatic heterocycles. The summed E-state index contributed by atoms with van der Waals surface area (Å²) in [6.45, 7) is 4.28. The number of ether oxygens (including phenoxy) is 1. The highest BCUT2D eigenvalue weighted by molar-refractivity contribution is 6.31. The number of carbonyl (C=O) groups is 1. The second-order valence-electron chi connectivity index (χ2n) is 5.46. The van der Waals surface area contributed by atoms with Crippen LogP contribution in [0.2, 0.25) is 5.02 Å². The lowest BCUT2D eigenvalue weighted by Gasteiger charge is -2.15. The maximum Gasteiger partial charge on any atom is 0.260 e. The number of hydrogen-bond acceptors (Lipinski definition) is 2. The smallest absolute Gasteiger partial charge is 0.260 e. The van der Waals surface area contributed by atoms with Crippen LogP contribution in [-0.2, 0) is 0 Å². The molecule has 0 heterocycles. The van der Waals surface area contributed by atoms with E-state index < -0.39 is 0 Å². The molecule has 3 rings (SSSR count). The summed E-state index contributed by atoms with van der Waals surface area (Å²) in [7, 11) is 0. The Morgan fingerprint density at radius 3 is 2.67 bits per heavy atom. The summed E-state index contributed by atoms with van der Waals surface area (Å²) in [5.74, 6) is 0.369. The van der Waals surface area contributed by atoms with Crippen LogP contribution < -0.4 is 10.1 Å². The Morgan fingerprint density at radius 2 is 1.88 bits per heavy atom. The number of benzene rings is 3. The van der Waals surface area contributed by atoms with Gasteiger partial charge in [0.15, 0.2) is 0 Å². The Bertz CT molecular complexity index is 905. The van der Waals surface area contributed by atoms with Gasteiger partial charge in [0.05, 0.1) is 12.2 Å². The van der Waals surface area contributed by atoms with Crippen molar-refractivity contribution in [1.82, 2.24) is 0 Å². The Morgan fingerprint density at radius 1 is 1.08 bits per heavy atom. The third-order valence-electron chi connectivity index (χ3n) is 3.93. The van der Waals surface area contributed by atoms with Crippen LogP contribution in [0.5, 0.6) is 5.75 Å². The van der Waals surface area contributed by atoms with Crippen LogP contribution in [0.25, 0.3) is 10.8 Å². The highest BCUT2D eigenvalue weighted by atomic mass is 35.5. The van der Waals surface area contributed by atoms with E-state index in [-0.39, 0.29) is 5.91 Å². The number of carbonyl (C=O) groups excluding carboxylic acids is 1.